The Kier molecular flexibility index (Phi) is 21.0. The number of benzene rings is 2. The van der Waals surface area contributed by atoms with Crippen LogP contribution in [0.5, 0.6) is 17.2 Å². The molecule has 0 aliphatic carbocycles. The first-order chi connectivity index (χ1) is 27.5. The molecule has 0 saturated carbocycles. The van der Waals surface area contributed by atoms with Gasteiger partial charge in [-0.15, -0.1) is 0 Å². The third kappa shape index (κ3) is 18.7. The van der Waals surface area contributed by atoms with Crippen molar-refractivity contribution >= 4 is 52.6 Å². The SMILES string of the molecule is COCP(=O)(N[C@@H](C)C(=O)OC(C)C)Oc1ccc(/C=C/c2cc(OP(=O)(COC)N[C@@H](C)C(=O)OC(C)C)cc(OP(=O)(COC)N[C@@H](C)C(=O)OC(C)C)c2)cc1. The number of rotatable bonds is 26. The maximum atomic E-state index is 14.1. The summed E-state index contributed by atoms with van der Waals surface area (Å²) in [6.45, 7) is 14.6. The summed E-state index contributed by atoms with van der Waals surface area (Å²) in [5, 5.41) is 8.08. The molecule has 0 radical (unpaired) electrons. The van der Waals surface area contributed by atoms with Gasteiger partial charge < -0.3 is 42.0 Å². The Morgan fingerprint density at radius 1 is 0.492 bits per heavy atom. The molecular formula is C38H60N3O15P3. The van der Waals surface area contributed by atoms with Crippen molar-refractivity contribution in [3.05, 3.63) is 53.6 Å². The quantitative estimate of drug-likeness (QED) is 0.0368. The van der Waals surface area contributed by atoms with Crippen molar-refractivity contribution in [2.75, 3.05) is 40.4 Å². The third-order valence-corrected chi connectivity index (χ3v) is 12.8. The molecule has 0 amide bonds. The Morgan fingerprint density at radius 2 is 0.797 bits per heavy atom. The molecule has 3 N–H and O–H groups in total. The smallest absolute Gasteiger partial charge is 0.342 e. The van der Waals surface area contributed by atoms with Gasteiger partial charge in [-0.25, -0.2) is 15.3 Å². The van der Waals surface area contributed by atoms with Gasteiger partial charge >= 0.3 is 40.5 Å². The maximum absolute atomic E-state index is 14.1. The Balaban J connectivity index is 2.52. The van der Waals surface area contributed by atoms with E-state index < -0.39 is 83.5 Å². The van der Waals surface area contributed by atoms with E-state index in [2.05, 4.69) is 15.3 Å². The van der Waals surface area contributed by atoms with E-state index in [1.54, 1.807) is 78.0 Å². The van der Waals surface area contributed by atoms with Gasteiger partial charge in [-0.05, 0) is 97.7 Å². The average Bonchev–Trinajstić information content (AvgIpc) is 3.10. The van der Waals surface area contributed by atoms with Crippen LogP contribution in [0.4, 0.5) is 0 Å². The van der Waals surface area contributed by atoms with Crippen LogP contribution < -0.4 is 28.8 Å². The van der Waals surface area contributed by atoms with Crippen LogP contribution in [0.25, 0.3) is 12.2 Å². The van der Waals surface area contributed by atoms with E-state index in [-0.39, 0.29) is 29.7 Å². The fourth-order valence-electron chi connectivity index (χ4n) is 4.96. The zero-order valence-corrected chi connectivity index (χ0v) is 38.4. The second kappa shape index (κ2) is 24.0. The second-order valence-corrected chi connectivity index (χ2v) is 20.3. The van der Waals surface area contributed by atoms with E-state index in [1.165, 1.54) is 60.3 Å². The molecule has 0 saturated heterocycles. The first-order valence-electron chi connectivity index (χ1n) is 18.7. The summed E-state index contributed by atoms with van der Waals surface area (Å²) < 4.78 is 90.6. The third-order valence-electron chi connectivity index (χ3n) is 7.19. The molecule has 59 heavy (non-hydrogen) atoms. The lowest BCUT2D eigenvalue weighted by atomic mass is 10.1. The van der Waals surface area contributed by atoms with Gasteiger partial charge in [0.25, 0.3) is 0 Å². The van der Waals surface area contributed by atoms with Gasteiger partial charge in [0.2, 0.25) is 0 Å². The zero-order chi connectivity index (χ0) is 44.6. The fraction of sp³-hybridized carbons (Fsp3) is 0.553. The second-order valence-electron chi connectivity index (χ2n) is 14.2. The topological polar surface area (TPSA) is 222 Å². The molecular weight excluding hydrogens is 831 g/mol. The van der Waals surface area contributed by atoms with Crippen molar-refractivity contribution in [3.63, 3.8) is 0 Å². The summed E-state index contributed by atoms with van der Waals surface area (Å²) in [5.74, 6) is -1.73. The molecule has 0 aliphatic rings. The fourth-order valence-corrected chi connectivity index (χ4v) is 9.96. The summed E-state index contributed by atoms with van der Waals surface area (Å²) in [6.07, 6.45) is 0.961. The minimum absolute atomic E-state index is 0.0210. The van der Waals surface area contributed by atoms with Crippen molar-refractivity contribution < 1.29 is 70.1 Å². The molecule has 2 rings (SSSR count). The highest BCUT2D eigenvalue weighted by Gasteiger charge is 2.34. The minimum Gasteiger partial charge on any atom is -0.462 e. The van der Waals surface area contributed by atoms with Crippen molar-refractivity contribution in [3.8, 4) is 17.2 Å². The lowest BCUT2D eigenvalue weighted by Crippen LogP contribution is -2.36. The monoisotopic (exact) mass is 891 g/mol. The molecule has 0 aromatic heterocycles. The molecule has 0 aliphatic heterocycles. The lowest BCUT2D eigenvalue weighted by Gasteiger charge is -2.25. The highest BCUT2D eigenvalue weighted by molar-refractivity contribution is 7.57. The van der Waals surface area contributed by atoms with Gasteiger partial charge in [-0.2, -0.15) is 0 Å². The van der Waals surface area contributed by atoms with Crippen LogP contribution >= 0.6 is 22.6 Å². The van der Waals surface area contributed by atoms with Gasteiger partial charge in [-0.3, -0.25) is 28.1 Å². The van der Waals surface area contributed by atoms with Crippen molar-refractivity contribution in [2.45, 2.75) is 98.8 Å². The lowest BCUT2D eigenvalue weighted by molar-refractivity contribution is -0.149. The number of nitrogens with one attached hydrogen (secondary N) is 3. The number of esters is 3. The number of ether oxygens (including phenoxy) is 6. The predicted octanol–water partition coefficient (Wildman–Crippen LogP) is 7.17. The number of hydrogen-bond acceptors (Lipinski definition) is 15. The summed E-state index contributed by atoms with van der Waals surface area (Å²) >= 11 is 0. The minimum atomic E-state index is -3.97. The molecule has 6 atom stereocenters. The summed E-state index contributed by atoms with van der Waals surface area (Å²) in [5.41, 5.74) is 1.07. The van der Waals surface area contributed by atoms with E-state index in [4.69, 9.17) is 42.0 Å². The molecule has 0 bridgehead atoms. The van der Waals surface area contributed by atoms with Gasteiger partial charge in [0, 0.05) is 27.4 Å². The predicted molar refractivity (Wildman–Crippen MR) is 224 cm³/mol. The summed E-state index contributed by atoms with van der Waals surface area (Å²) in [6, 6.07) is 7.85. The van der Waals surface area contributed by atoms with E-state index in [0.29, 0.717) is 11.1 Å². The average molecular weight is 892 g/mol. The van der Waals surface area contributed by atoms with Gasteiger partial charge in [0.15, 0.2) is 0 Å². The van der Waals surface area contributed by atoms with Gasteiger partial charge in [-0.1, -0.05) is 24.3 Å². The van der Waals surface area contributed by atoms with Crippen molar-refractivity contribution in [1.82, 2.24) is 15.3 Å². The van der Waals surface area contributed by atoms with Crippen LogP contribution in [0, 0.1) is 0 Å². The Morgan fingerprint density at radius 3 is 1.10 bits per heavy atom. The Hall–Kier alpha value is -3.56. The molecule has 3 unspecified atom stereocenters. The number of methoxy groups -OCH3 is 3. The largest absolute Gasteiger partial charge is 0.462 e. The number of carbonyl (C=O) groups excluding carboxylic acids is 3. The summed E-state index contributed by atoms with van der Waals surface area (Å²) in [7, 11) is -7.68. The van der Waals surface area contributed by atoms with Crippen LogP contribution in [0.15, 0.2) is 42.5 Å². The maximum Gasteiger partial charge on any atom is 0.342 e. The van der Waals surface area contributed by atoms with Crippen LogP contribution in [0.1, 0.15) is 73.4 Å². The van der Waals surface area contributed by atoms with Crippen LogP contribution in [-0.4, -0.2) is 94.7 Å². The van der Waals surface area contributed by atoms with E-state index in [1.807, 2.05) is 0 Å². The highest BCUT2D eigenvalue weighted by Crippen LogP contribution is 2.48. The highest BCUT2D eigenvalue weighted by atomic mass is 31.2. The number of hydrogen-bond donors (Lipinski definition) is 3. The van der Waals surface area contributed by atoms with Gasteiger partial charge in [0.1, 0.15) is 54.4 Å². The van der Waals surface area contributed by atoms with Crippen molar-refractivity contribution in [2.24, 2.45) is 0 Å². The van der Waals surface area contributed by atoms with E-state index in [9.17, 15) is 28.1 Å². The van der Waals surface area contributed by atoms with Crippen LogP contribution in [-0.2, 0) is 56.5 Å². The van der Waals surface area contributed by atoms with Crippen molar-refractivity contribution in [1.29, 1.82) is 0 Å². The molecule has 18 nitrogen and oxygen atoms in total. The van der Waals surface area contributed by atoms with Crippen LogP contribution in [0.3, 0.4) is 0 Å². The van der Waals surface area contributed by atoms with Gasteiger partial charge in [0.05, 0.1) is 18.3 Å². The first-order valence-corrected chi connectivity index (χ1v) is 24.2. The molecule has 2 aromatic rings. The standard InChI is InChI=1S/C38H60N3O15P3/c1-25(2)51-36(42)28(7)39-57(45,22-48-10)54-33-17-15-31(16-18-33)13-14-32-19-34(55-58(46,23-49-11)40-29(8)37(43)52-26(3)4)21-35(20-32)56-59(47,24-50-12)41-30(9)38(44)53-27(5)6/h13-21,25-30H,22-24H2,1-12H3,(H,39,45)(H,40,46)(H,41,47)/b14-13+/t28-,29-,30-,57?,58?,59?/m0/s1. The molecule has 0 spiro atoms. The summed E-state index contributed by atoms with van der Waals surface area (Å²) in [4.78, 5) is 37.5. The first kappa shape index (κ1) is 51.6. The van der Waals surface area contributed by atoms with E-state index >= 15 is 0 Å². The van der Waals surface area contributed by atoms with E-state index in [0.717, 1.165) is 0 Å². The zero-order valence-electron chi connectivity index (χ0n) is 35.7. The normalized spacial score (nSPS) is 16.4. The number of carbonyl (C=O) groups is 3. The Bertz CT molecular complexity index is 1780. The molecule has 2 aromatic carbocycles. The molecule has 21 heteroatoms. The molecule has 0 fully saturated rings. The molecule has 0 heterocycles. The van der Waals surface area contributed by atoms with Crippen LogP contribution in [0.2, 0.25) is 0 Å². The molecule has 332 valence electrons. The Labute approximate surface area is 347 Å².